The first-order valence-corrected chi connectivity index (χ1v) is 10.4. The summed E-state index contributed by atoms with van der Waals surface area (Å²) < 4.78 is 5.92. The summed E-state index contributed by atoms with van der Waals surface area (Å²) in [6.07, 6.45) is 6.29. The highest BCUT2D eigenvalue weighted by atomic mass is 16.4. The van der Waals surface area contributed by atoms with Gasteiger partial charge >= 0.3 is 0 Å². The van der Waals surface area contributed by atoms with Gasteiger partial charge < -0.3 is 9.73 Å². The minimum atomic E-state index is -0.331. The Morgan fingerprint density at radius 1 is 1.13 bits per heavy atom. The highest BCUT2D eigenvalue weighted by Gasteiger charge is 2.28. The van der Waals surface area contributed by atoms with Crippen molar-refractivity contribution < 1.29 is 14.0 Å². The average Bonchev–Trinajstić information content (AvgIpc) is 3.16. The molecule has 0 saturated heterocycles. The normalized spacial score (nSPS) is 14.2. The third kappa shape index (κ3) is 4.40. The molecule has 0 atom stereocenters. The van der Waals surface area contributed by atoms with E-state index in [1.165, 1.54) is 11.8 Å². The summed E-state index contributed by atoms with van der Waals surface area (Å²) in [6.45, 7) is 3.93. The molecule has 1 aromatic carbocycles. The van der Waals surface area contributed by atoms with Crippen LogP contribution < -0.4 is 10.7 Å². The van der Waals surface area contributed by atoms with Crippen molar-refractivity contribution in [2.45, 2.75) is 39.5 Å². The standard InChI is InChI=1S/C24H24N4O3/c1-3-16-9-11-18(12-10-16)26-24(30)22-15(2)21-19(7-4-8-20(21)31-22)27-28-23(29)17-6-5-13-25-14-17/h5-6,9-14H,3-4,7-8H2,1-2H3,(H,26,30)(H,28,29)/b27-19+. The number of amides is 2. The molecule has 7 heteroatoms. The van der Waals surface area contributed by atoms with Crippen molar-refractivity contribution in [3.8, 4) is 0 Å². The molecule has 7 nitrogen and oxygen atoms in total. The van der Waals surface area contributed by atoms with Crippen LogP contribution in [0.1, 0.15) is 63.1 Å². The van der Waals surface area contributed by atoms with Gasteiger partial charge in [0.05, 0.1) is 11.3 Å². The molecule has 1 aliphatic carbocycles. The highest BCUT2D eigenvalue weighted by molar-refractivity contribution is 6.09. The van der Waals surface area contributed by atoms with Crippen LogP contribution in [0.4, 0.5) is 5.69 Å². The van der Waals surface area contributed by atoms with E-state index in [0.29, 0.717) is 23.4 Å². The van der Waals surface area contributed by atoms with E-state index in [-0.39, 0.29) is 17.6 Å². The van der Waals surface area contributed by atoms with E-state index in [1.54, 1.807) is 18.3 Å². The van der Waals surface area contributed by atoms with Gasteiger partial charge in [0.25, 0.3) is 11.8 Å². The summed E-state index contributed by atoms with van der Waals surface area (Å²) in [5.74, 6) is 0.375. The van der Waals surface area contributed by atoms with Gasteiger partial charge in [0.15, 0.2) is 5.76 Å². The second-order valence-corrected chi connectivity index (χ2v) is 7.45. The average molecular weight is 416 g/mol. The maximum absolute atomic E-state index is 12.8. The number of aryl methyl sites for hydroxylation is 2. The largest absolute Gasteiger partial charge is 0.455 e. The second-order valence-electron chi connectivity index (χ2n) is 7.45. The van der Waals surface area contributed by atoms with Crippen molar-refractivity contribution in [3.05, 3.63) is 82.6 Å². The monoisotopic (exact) mass is 416 g/mol. The summed E-state index contributed by atoms with van der Waals surface area (Å²) in [5.41, 5.74) is 7.20. The van der Waals surface area contributed by atoms with Crippen molar-refractivity contribution in [2.24, 2.45) is 5.10 Å². The first kappa shape index (κ1) is 20.5. The molecule has 158 valence electrons. The summed E-state index contributed by atoms with van der Waals surface area (Å²) in [4.78, 5) is 29.1. The Labute approximate surface area is 180 Å². The lowest BCUT2D eigenvalue weighted by Gasteiger charge is -2.13. The fourth-order valence-corrected chi connectivity index (χ4v) is 3.69. The Bertz CT molecular complexity index is 1130. The van der Waals surface area contributed by atoms with E-state index < -0.39 is 0 Å². The predicted octanol–water partition coefficient (Wildman–Crippen LogP) is 4.27. The zero-order valence-electron chi connectivity index (χ0n) is 17.6. The van der Waals surface area contributed by atoms with E-state index in [4.69, 9.17) is 4.42 Å². The third-order valence-electron chi connectivity index (χ3n) is 5.37. The summed E-state index contributed by atoms with van der Waals surface area (Å²) in [5, 5.41) is 7.23. The Morgan fingerprint density at radius 2 is 1.94 bits per heavy atom. The molecule has 0 spiro atoms. The first-order chi connectivity index (χ1) is 15.1. The maximum Gasteiger partial charge on any atom is 0.291 e. The molecule has 2 amide bonds. The molecular formula is C24H24N4O3. The van der Waals surface area contributed by atoms with Crippen LogP contribution in [0.2, 0.25) is 0 Å². The number of fused-ring (bicyclic) bond motifs is 1. The Balaban J connectivity index is 1.54. The lowest BCUT2D eigenvalue weighted by molar-refractivity contribution is 0.0953. The second kappa shape index (κ2) is 8.95. The number of hydrazone groups is 1. The fraction of sp³-hybridized carbons (Fsp3) is 0.250. The zero-order valence-corrected chi connectivity index (χ0v) is 17.6. The van der Waals surface area contributed by atoms with Gasteiger partial charge in [0.2, 0.25) is 0 Å². The number of hydrogen-bond acceptors (Lipinski definition) is 5. The summed E-state index contributed by atoms with van der Waals surface area (Å²) in [6, 6.07) is 11.1. The van der Waals surface area contributed by atoms with Gasteiger partial charge in [0.1, 0.15) is 5.76 Å². The molecule has 4 rings (SSSR count). The topological polar surface area (TPSA) is 96.6 Å². The molecule has 3 aromatic rings. The van der Waals surface area contributed by atoms with Crippen molar-refractivity contribution in [1.82, 2.24) is 10.4 Å². The SMILES string of the molecule is CCc1ccc(NC(=O)c2oc3c(c2C)/C(=N/NC(=O)c2cccnc2)CCC3)cc1. The van der Waals surface area contributed by atoms with E-state index in [2.05, 4.69) is 27.8 Å². The maximum atomic E-state index is 12.8. The quantitative estimate of drug-likeness (QED) is 0.607. The molecular weight excluding hydrogens is 392 g/mol. The van der Waals surface area contributed by atoms with E-state index in [1.807, 2.05) is 31.2 Å². The number of carbonyl (C=O) groups excluding carboxylic acids is 2. The zero-order chi connectivity index (χ0) is 21.8. The van der Waals surface area contributed by atoms with Crippen molar-refractivity contribution in [2.75, 3.05) is 5.32 Å². The molecule has 2 N–H and O–H groups in total. The van der Waals surface area contributed by atoms with Crippen LogP contribution in [0, 0.1) is 6.92 Å². The molecule has 0 fully saturated rings. The van der Waals surface area contributed by atoms with Gasteiger partial charge in [-0.05, 0) is 56.0 Å². The van der Waals surface area contributed by atoms with Gasteiger partial charge in [-0.1, -0.05) is 19.1 Å². The number of carbonyl (C=O) groups is 2. The molecule has 2 aromatic heterocycles. The van der Waals surface area contributed by atoms with Gasteiger partial charge in [-0.25, -0.2) is 5.43 Å². The highest BCUT2D eigenvalue weighted by Crippen LogP contribution is 2.30. The lowest BCUT2D eigenvalue weighted by Crippen LogP contribution is -2.22. The van der Waals surface area contributed by atoms with Gasteiger partial charge in [-0.2, -0.15) is 5.10 Å². The Hall–Kier alpha value is -3.74. The first-order valence-electron chi connectivity index (χ1n) is 10.4. The van der Waals surface area contributed by atoms with E-state index in [0.717, 1.165) is 36.1 Å². The van der Waals surface area contributed by atoms with Crippen LogP contribution in [0.15, 0.2) is 58.3 Å². The minimum Gasteiger partial charge on any atom is -0.455 e. The number of anilines is 1. The Kier molecular flexibility index (Phi) is 5.93. The Morgan fingerprint density at radius 3 is 2.65 bits per heavy atom. The van der Waals surface area contributed by atoms with E-state index >= 15 is 0 Å². The van der Waals surface area contributed by atoms with Crippen molar-refractivity contribution in [1.29, 1.82) is 0 Å². The van der Waals surface area contributed by atoms with Crippen molar-refractivity contribution >= 4 is 23.2 Å². The molecule has 0 saturated carbocycles. The van der Waals surface area contributed by atoms with Crippen LogP contribution in [0.25, 0.3) is 0 Å². The van der Waals surface area contributed by atoms with Crippen molar-refractivity contribution in [3.63, 3.8) is 0 Å². The fourth-order valence-electron chi connectivity index (χ4n) is 3.69. The summed E-state index contributed by atoms with van der Waals surface area (Å²) >= 11 is 0. The molecule has 0 bridgehead atoms. The third-order valence-corrected chi connectivity index (χ3v) is 5.37. The molecule has 0 aliphatic heterocycles. The smallest absolute Gasteiger partial charge is 0.291 e. The predicted molar refractivity (Wildman–Crippen MR) is 118 cm³/mol. The number of hydrogen-bond donors (Lipinski definition) is 2. The molecule has 2 heterocycles. The lowest BCUT2D eigenvalue weighted by atomic mass is 9.93. The number of rotatable bonds is 5. The van der Waals surface area contributed by atoms with E-state index in [9.17, 15) is 9.59 Å². The van der Waals surface area contributed by atoms with Gasteiger partial charge in [-0.15, -0.1) is 0 Å². The molecule has 0 radical (unpaired) electrons. The number of benzene rings is 1. The van der Waals surface area contributed by atoms with Gasteiger partial charge in [-0.3, -0.25) is 14.6 Å². The van der Waals surface area contributed by atoms with Crippen LogP contribution in [0.3, 0.4) is 0 Å². The van der Waals surface area contributed by atoms with Crippen LogP contribution in [-0.2, 0) is 12.8 Å². The van der Waals surface area contributed by atoms with Crippen LogP contribution in [0.5, 0.6) is 0 Å². The number of furan rings is 1. The molecule has 0 unspecified atom stereocenters. The van der Waals surface area contributed by atoms with Crippen LogP contribution in [-0.4, -0.2) is 22.5 Å². The van der Waals surface area contributed by atoms with Gasteiger partial charge in [0, 0.05) is 35.6 Å². The molecule has 1 aliphatic rings. The minimum absolute atomic E-state index is 0.276. The summed E-state index contributed by atoms with van der Waals surface area (Å²) in [7, 11) is 0. The van der Waals surface area contributed by atoms with Crippen LogP contribution >= 0.6 is 0 Å². The number of aromatic nitrogens is 1. The number of pyridine rings is 1. The number of nitrogens with one attached hydrogen (secondary N) is 2. The molecule has 31 heavy (non-hydrogen) atoms. The number of nitrogens with zero attached hydrogens (tertiary/aromatic N) is 2.